The highest BCUT2D eigenvalue weighted by atomic mass is 16.5. The third kappa shape index (κ3) is 5.72. The molecule has 0 spiro atoms. The van der Waals surface area contributed by atoms with Gasteiger partial charge in [-0.25, -0.2) is 9.97 Å². The normalized spacial score (nSPS) is 15.6. The monoisotopic (exact) mass is 437 g/mol. The van der Waals surface area contributed by atoms with Gasteiger partial charge in [-0.2, -0.15) is 0 Å². The summed E-state index contributed by atoms with van der Waals surface area (Å²) in [4.78, 5) is 18.8. The van der Waals surface area contributed by atoms with Crippen LogP contribution in [0.5, 0.6) is 0 Å². The van der Waals surface area contributed by atoms with Gasteiger partial charge in [0.05, 0.1) is 24.4 Å². The highest BCUT2D eigenvalue weighted by molar-refractivity contribution is 5.89. The summed E-state index contributed by atoms with van der Waals surface area (Å²) in [7, 11) is 0. The Morgan fingerprint density at radius 3 is 2.19 bits per heavy atom. The third-order valence-electron chi connectivity index (χ3n) is 5.38. The lowest BCUT2D eigenvalue weighted by atomic mass is 10.1. The average molecular weight is 438 g/mol. The van der Waals surface area contributed by atoms with Crippen molar-refractivity contribution in [2.75, 3.05) is 55.8 Å². The molecule has 0 aliphatic carbocycles. The minimum absolute atomic E-state index is 0.250. The lowest BCUT2D eigenvalue weighted by Crippen LogP contribution is -2.36. The predicted octanol–water partition coefficient (Wildman–Crippen LogP) is 4.15. The molecule has 2 aliphatic heterocycles. The van der Waals surface area contributed by atoms with Crippen LogP contribution in [0, 0.1) is 0 Å². The van der Waals surface area contributed by atoms with Crippen LogP contribution in [0.1, 0.15) is 33.6 Å². The van der Waals surface area contributed by atoms with Crippen molar-refractivity contribution in [2.24, 2.45) is 0 Å². The molecular weight excluding hydrogens is 402 g/mol. The minimum Gasteiger partial charge on any atom is -0.397 e. The summed E-state index contributed by atoms with van der Waals surface area (Å²) < 4.78 is 5.45. The van der Waals surface area contributed by atoms with E-state index in [-0.39, 0.29) is 6.61 Å². The van der Waals surface area contributed by atoms with Crippen LogP contribution in [0.3, 0.4) is 0 Å². The Balaban J connectivity index is 0.000000536. The van der Waals surface area contributed by atoms with Gasteiger partial charge in [0.1, 0.15) is 5.52 Å². The van der Waals surface area contributed by atoms with Crippen LogP contribution in [0.25, 0.3) is 22.3 Å². The highest BCUT2D eigenvalue weighted by Crippen LogP contribution is 2.30. The van der Waals surface area contributed by atoms with E-state index in [0.717, 1.165) is 67.5 Å². The molecule has 0 radical (unpaired) electrons. The number of aliphatic hydroxyl groups excluding tert-OH is 1. The van der Waals surface area contributed by atoms with E-state index in [9.17, 15) is 0 Å². The van der Waals surface area contributed by atoms with Crippen LogP contribution in [-0.4, -0.2) is 66.1 Å². The molecule has 2 aromatic heterocycles. The molecule has 5 rings (SSSR count). The van der Waals surface area contributed by atoms with Gasteiger partial charge in [0.2, 0.25) is 0 Å². The number of hydrogen-bond donors (Lipinski definition) is 1. The molecule has 172 valence electrons. The SMILES string of the molecule is CC.CCO.c1cnc2c(N3CCCC3)nc(-c3ccc(N4CCOCC4)cc3)cc2n1. The molecule has 32 heavy (non-hydrogen) atoms. The summed E-state index contributed by atoms with van der Waals surface area (Å²) in [5, 5.41) is 7.57. The first-order valence-corrected chi connectivity index (χ1v) is 11.7. The molecule has 1 aromatic carbocycles. The van der Waals surface area contributed by atoms with Crippen LogP contribution >= 0.6 is 0 Å². The third-order valence-corrected chi connectivity index (χ3v) is 5.38. The Morgan fingerprint density at radius 1 is 0.906 bits per heavy atom. The fourth-order valence-corrected chi connectivity index (χ4v) is 3.92. The summed E-state index contributed by atoms with van der Waals surface area (Å²) in [6, 6.07) is 10.7. The zero-order valence-electron chi connectivity index (χ0n) is 19.5. The maximum atomic E-state index is 7.57. The van der Waals surface area contributed by atoms with Gasteiger partial charge in [-0.15, -0.1) is 0 Å². The fourth-order valence-electron chi connectivity index (χ4n) is 3.92. The van der Waals surface area contributed by atoms with Gasteiger partial charge >= 0.3 is 0 Å². The molecule has 0 atom stereocenters. The Bertz CT molecular complexity index is 952. The summed E-state index contributed by atoms with van der Waals surface area (Å²) in [5.41, 5.74) is 5.11. The number of fused-ring (bicyclic) bond motifs is 1. The zero-order chi connectivity index (χ0) is 22.8. The van der Waals surface area contributed by atoms with Crippen LogP contribution in [0.15, 0.2) is 42.7 Å². The van der Waals surface area contributed by atoms with Crippen molar-refractivity contribution in [1.29, 1.82) is 0 Å². The maximum Gasteiger partial charge on any atom is 0.157 e. The van der Waals surface area contributed by atoms with E-state index < -0.39 is 0 Å². The Kier molecular flexibility index (Phi) is 9.19. The van der Waals surface area contributed by atoms with E-state index in [1.807, 2.05) is 19.9 Å². The second-order valence-electron chi connectivity index (χ2n) is 7.41. The number of nitrogens with zero attached hydrogens (tertiary/aromatic N) is 5. The van der Waals surface area contributed by atoms with Crippen molar-refractivity contribution in [3.05, 3.63) is 42.7 Å². The summed E-state index contributed by atoms with van der Waals surface area (Å²) in [6.45, 7) is 11.5. The molecule has 2 fully saturated rings. The second-order valence-corrected chi connectivity index (χ2v) is 7.41. The van der Waals surface area contributed by atoms with E-state index in [2.05, 4.69) is 44.0 Å². The van der Waals surface area contributed by atoms with Gasteiger partial charge in [-0.05, 0) is 38.0 Å². The minimum atomic E-state index is 0.250. The molecule has 2 aliphatic rings. The summed E-state index contributed by atoms with van der Waals surface area (Å²) >= 11 is 0. The quantitative estimate of drug-likeness (QED) is 0.660. The molecule has 2 saturated heterocycles. The highest BCUT2D eigenvalue weighted by Gasteiger charge is 2.19. The number of aliphatic hydroxyl groups is 1. The van der Waals surface area contributed by atoms with E-state index >= 15 is 0 Å². The smallest absolute Gasteiger partial charge is 0.157 e. The number of morpholine rings is 1. The molecular formula is C25H35N5O2. The van der Waals surface area contributed by atoms with E-state index in [4.69, 9.17) is 14.8 Å². The van der Waals surface area contributed by atoms with E-state index in [1.165, 1.54) is 18.5 Å². The Labute approximate surface area is 191 Å². The zero-order valence-corrected chi connectivity index (χ0v) is 19.5. The van der Waals surface area contributed by atoms with Crippen molar-refractivity contribution in [3.8, 4) is 11.3 Å². The standard InChI is InChI=1S/C21H23N5O.C2H6O.C2H6/c1-2-10-26(9-1)21-20-19(22-7-8-23-20)15-18(24-21)16-3-5-17(6-4-16)25-11-13-27-14-12-25;1-2-3;1-2/h3-8,15H,1-2,9-14H2;3H,2H2,1H3;1-2H3. The summed E-state index contributed by atoms with van der Waals surface area (Å²) in [6.07, 6.45) is 5.92. The number of hydrogen-bond acceptors (Lipinski definition) is 7. The second kappa shape index (κ2) is 12.3. The van der Waals surface area contributed by atoms with Crippen molar-refractivity contribution in [3.63, 3.8) is 0 Å². The number of aromatic nitrogens is 3. The lowest BCUT2D eigenvalue weighted by Gasteiger charge is -2.28. The van der Waals surface area contributed by atoms with E-state index in [1.54, 1.807) is 19.3 Å². The number of pyridine rings is 1. The molecule has 3 aromatic rings. The molecule has 0 saturated carbocycles. The van der Waals surface area contributed by atoms with Gasteiger partial charge < -0.3 is 19.6 Å². The first-order valence-electron chi connectivity index (χ1n) is 11.7. The number of ether oxygens (including phenoxy) is 1. The fraction of sp³-hybridized carbons (Fsp3) is 0.480. The first kappa shape index (κ1) is 23.9. The van der Waals surface area contributed by atoms with Crippen LogP contribution < -0.4 is 9.80 Å². The molecule has 7 heteroatoms. The van der Waals surface area contributed by atoms with E-state index in [0.29, 0.717) is 0 Å². The predicted molar refractivity (Wildman–Crippen MR) is 131 cm³/mol. The van der Waals surface area contributed by atoms with Gasteiger partial charge in [0.15, 0.2) is 5.82 Å². The largest absolute Gasteiger partial charge is 0.397 e. The van der Waals surface area contributed by atoms with Crippen molar-refractivity contribution in [2.45, 2.75) is 33.6 Å². The maximum absolute atomic E-state index is 7.57. The molecule has 0 amide bonds. The molecule has 7 nitrogen and oxygen atoms in total. The number of rotatable bonds is 3. The Hall–Kier alpha value is -2.77. The van der Waals surface area contributed by atoms with Crippen molar-refractivity contribution < 1.29 is 9.84 Å². The average Bonchev–Trinajstić information content (AvgIpc) is 3.41. The van der Waals surface area contributed by atoms with Gasteiger partial charge in [0, 0.05) is 56.4 Å². The summed E-state index contributed by atoms with van der Waals surface area (Å²) in [5.74, 6) is 0.963. The van der Waals surface area contributed by atoms with Crippen LogP contribution in [0.4, 0.5) is 11.5 Å². The molecule has 4 heterocycles. The van der Waals surface area contributed by atoms with Gasteiger partial charge in [-0.1, -0.05) is 26.0 Å². The molecule has 0 bridgehead atoms. The number of anilines is 2. The first-order chi connectivity index (χ1) is 15.8. The van der Waals surface area contributed by atoms with Gasteiger partial charge in [0.25, 0.3) is 0 Å². The Morgan fingerprint density at radius 2 is 1.53 bits per heavy atom. The lowest BCUT2D eigenvalue weighted by molar-refractivity contribution is 0.122. The van der Waals surface area contributed by atoms with Crippen LogP contribution in [-0.2, 0) is 4.74 Å². The van der Waals surface area contributed by atoms with Crippen LogP contribution in [0.2, 0.25) is 0 Å². The van der Waals surface area contributed by atoms with Crippen molar-refractivity contribution >= 4 is 22.5 Å². The number of benzene rings is 1. The topological polar surface area (TPSA) is 74.6 Å². The molecule has 1 N–H and O–H groups in total. The van der Waals surface area contributed by atoms with Gasteiger partial charge in [-0.3, -0.25) is 4.98 Å². The molecule has 0 unspecified atom stereocenters. The van der Waals surface area contributed by atoms with Crippen molar-refractivity contribution in [1.82, 2.24) is 15.0 Å².